The summed E-state index contributed by atoms with van der Waals surface area (Å²) in [4.78, 5) is 41.4. The largest absolute Gasteiger partial charge is 0.344 e. The molecule has 222 valence electrons. The first-order valence-corrected chi connectivity index (χ1v) is 14.4. The number of halogens is 2. The van der Waals surface area contributed by atoms with Gasteiger partial charge >= 0.3 is 0 Å². The van der Waals surface area contributed by atoms with Crippen LogP contribution in [0.5, 0.6) is 0 Å². The summed E-state index contributed by atoms with van der Waals surface area (Å²) in [5.74, 6) is -5.30. The van der Waals surface area contributed by atoms with Crippen molar-refractivity contribution in [1.82, 2.24) is 30.1 Å². The zero-order chi connectivity index (χ0) is 30.3. The number of nitriles is 1. The quantitative estimate of drug-likeness (QED) is 0.453. The van der Waals surface area contributed by atoms with Crippen molar-refractivity contribution in [3.05, 3.63) is 70.9 Å². The summed E-state index contributed by atoms with van der Waals surface area (Å²) in [5.41, 5.74) is 6.08. The third-order valence-corrected chi connectivity index (χ3v) is 8.59. The van der Waals surface area contributed by atoms with Gasteiger partial charge < -0.3 is 15.1 Å². The highest BCUT2D eigenvalue weighted by molar-refractivity contribution is 5.94. The first-order valence-electron chi connectivity index (χ1n) is 14.4. The molecule has 0 bridgehead atoms. The molecule has 3 atom stereocenters. The minimum absolute atomic E-state index is 0.0193. The SMILES string of the molecule is CCc1ccc(-c2cn(Cc3cccc4c3CN(C(=O)C[C@@H]3C[C@@H](C(=O)N5CC(F)(F)C[C@H]5C#N)NC3=O)C4)nn2)cc1. The predicted octanol–water partition coefficient (Wildman–Crippen LogP) is 3.05. The van der Waals surface area contributed by atoms with Gasteiger partial charge in [-0.3, -0.25) is 14.4 Å². The van der Waals surface area contributed by atoms with E-state index in [4.69, 9.17) is 0 Å². The molecule has 3 aromatic rings. The maximum absolute atomic E-state index is 13.8. The molecule has 43 heavy (non-hydrogen) atoms. The maximum Gasteiger partial charge on any atom is 0.268 e. The molecule has 0 saturated carbocycles. The van der Waals surface area contributed by atoms with Gasteiger partial charge in [0, 0.05) is 37.4 Å². The number of fused-ring (bicyclic) bond motifs is 1. The van der Waals surface area contributed by atoms with Crippen molar-refractivity contribution in [3.63, 3.8) is 0 Å². The summed E-state index contributed by atoms with van der Waals surface area (Å²) in [7, 11) is 0. The molecule has 1 aromatic heterocycles. The van der Waals surface area contributed by atoms with Crippen molar-refractivity contribution in [1.29, 1.82) is 5.26 Å². The number of benzene rings is 2. The molecule has 0 aliphatic carbocycles. The molecule has 3 aliphatic rings. The van der Waals surface area contributed by atoms with E-state index in [9.17, 15) is 28.4 Å². The summed E-state index contributed by atoms with van der Waals surface area (Å²) >= 11 is 0. The smallest absolute Gasteiger partial charge is 0.268 e. The van der Waals surface area contributed by atoms with Crippen molar-refractivity contribution in [3.8, 4) is 17.3 Å². The first-order chi connectivity index (χ1) is 20.6. The van der Waals surface area contributed by atoms with E-state index >= 15 is 0 Å². The molecule has 3 amide bonds. The molecule has 6 rings (SSSR count). The summed E-state index contributed by atoms with van der Waals surface area (Å²) in [6.45, 7) is 2.53. The van der Waals surface area contributed by atoms with E-state index in [-0.39, 0.29) is 18.7 Å². The average Bonchev–Trinajstić information content (AvgIpc) is 3.78. The second kappa shape index (κ2) is 11.2. The Morgan fingerprint density at radius 1 is 1.16 bits per heavy atom. The van der Waals surface area contributed by atoms with Gasteiger partial charge in [-0.25, -0.2) is 13.5 Å². The standard InChI is InChI=1S/C31H31F2N7O3/c1-2-19-6-8-20(9-7-19)27-17-39(37-36-27)15-22-5-3-4-21-14-38(16-25(21)22)28(41)11-23-10-26(35-29(23)42)30(43)40-18-31(32,33)12-24(40)13-34/h3-9,17,23-24,26H,2,10-12,14-16,18H2,1H3,(H,35,42)/t23-,24-,26-/m0/s1. The highest BCUT2D eigenvalue weighted by atomic mass is 19.3. The Kier molecular flexibility index (Phi) is 7.42. The van der Waals surface area contributed by atoms with E-state index < -0.39 is 48.7 Å². The minimum Gasteiger partial charge on any atom is -0.344 e. The van der Waals surface area contributed by atoms with Crippen LogP contribution in [0.25, 0.3) is 11.3 Å². The zero-order valence-corrected chi connectivity index (χ0v) is 23.7. The summed E-state index contributed by atoms with van der Waals surface area (Å²) in [5, 5.41) is 20.4. The second-order valence-electron chi connectivity index (χ2n) is 11.5. The van der Waals surface area contributed by atoms with Crippen LogP contribution in [-0.4, -0.2) is 67.1 Å². The number of hydrogen-bond donors (Lipinski definition) is 1. The molecular formula is C31H31F2N7O3. The molecule has 10 nitrogen and oxygen atoms in total. The van der Waals surface area contributed by atoms with Gasteiger partial charge in [0.15, 0.2) is 0 Å². The fourth-order valence-corrected chi connectivity index (χ4v) is 6.19. The molecule has 2 fully saturated rings. The molecule has 0 radical (unpaired) electrons. The number of nitrogens with zero attached hydrogens (tertiary/aromatic N) is 6. The van der Waals surface area contributed by atoms with Crippen molar-refractivity contribution in [2.24, 2.45) is 5.92 Å². The summed E-state index contributed by atoms with van der Waals surface area (Å²) < 4.78 is 29.5. The van der Waals surface area contributed by atoms with Crippen LogP contribution in [0.1, 0.15) is 48.4 Å². The van der Waals surface area contributed by atoms with Crippen LogP contribution in [0.4, 0.5) is 8.78 Å². The van der Waals surface area contributed by atoms with E-state index in [0.29, 0.717) is 19.6 Å². The van der Waals surface area contributed by atoms with E-state index in [1.807, 2.05) is 36.5 Å². The zero-order valence-electron chi connectivity index (χ0n) is 23.7. The second-order valence-corrected chi connectivity index (χ2v) is 11.5. The number of nitrogens with one attached hydrogen (secondary N) is 1. The monoisotopic (exact) mass is 587 g/mol. The number of hydrogen-bond acceptors (Lipinski definition) is 6. The number of alkyl halides is 2. The lowest BCUT2D eigenvalue weighted by Gasteiger charge is -2.22. The van der Waals surface area contributed by atoms with E-state index in [1.54, 1.807) is 15.7 Å². The fraction of sp³-hybridized carbons (Fsp3) is 0.419. The highest BCUT2D eigenvalue weighted by Gasteiger charge is 2.50. The van der Waals surface area contributed by atoms with Crippen molar-refractivity contribution in [2.75, 3.05) is 6.54 Å². The fourth-order valence-electron chi connectivity index (χ4n) is 6.19. The normalized spacial score (nSPS) is 22.4. The van der Waals surface area contributed by atoms with Crippen LogP contribution in [0, 0.1) is 17.2 Å². The van der Waals surface area contributed by atoms with Crippen LogP contribution >= 0.6 is 0 Å². The van der Waals surface area contributed by atoms with Gasteiger partial charge in [-0.1, -0.05) is 54.6 Å². The Labute approximate surface area is 247 Å². The summed E-state index contributed by atoms with van der Waals surface area (Å²) in [6.07, 6.45) is 2.06. The minimum atomic E-state index is -3.14. The van der Waals surface area contributed by atoms with Gasteiger partial charge in [-0.2, -0.15) is 5.26 Å². The number of aryl methyl sites for hydroxylation is 1. The Balaban J connectivity index is 1.08. The summed E-state index contributed by atoms with van der Waals surface area (Å²) in [6, 6.07) is 13.6. The highest BCUT2D eigenvalue weighted by Crippen LogP contribution is 2.34. The molecule has 1 N–H and O–H groups in total. The van der Waals surface area contributed by atoms with Crippen LogP contribution in [0.15, 0.2) is 48.7 Å². The lowest BCUT2D eigenvalue weighted by molar-refractivity contribution is -0.135. The molecule has 3 aliphatic heterocycles. The van der Waals surface area contributed by atoms with Crippen LogP contribution in [0.2, 0.25) is 0 Å². The van der Waals surface area contributed by atoms with Gasteiger partial charge in [0.25, 0.3) is 5.92 Å². The lowest BCUT2D eigenvalue weighted by atomic mass is 9.99. The van der Waals surface area contributed by atoms with Crippen LogP contribution in [-0.2, 0) is 40.4 Å². The number of aromatic nitrogens is 3. The van der Waals surface area contributed by atoms with Crippen LogP contribution in [0.3, 0.4) is 0 Å². The van der Waals surface area contributed by atoms with Gasteiger partial charge in [0.1, 0.15) is 17.8 Å². The molecule has 0 unspecified atom stereocenters. The third-order valence-electron chi connectivity index (χ3n) is 8.59. The number of carbonyl (C=O) groups is 3. The van der Waals surface area contributed by atoms with Gasteiger partial charge in [-0.15, -0.1) is 5.10 Å². The Bertz CT molecular complexity index is 1610. The lowest BCUT2D eigenvalue weighted by Crippen LogP contribution is -2.46. The molecule has 0 spiro atoms. The van der Waals surface area contributed by atoms with E-state index in [2.05, 4.69) is 34.7 Å². The van der Waals surface area contributed by atoms with Gasteiger partial charge in [0.05, 0.1) is 25.4 Å². The Morgan fingerprint density at radius 3 is 2.70 bits per heavy atom. The van der Waals surface area contributed by atoms with Crippen molar-refractivity contribution in [2.45, 2.75) is 70.2 Å². The topological polar surface area (TPSA) is 124 Å². The maximum atomic E-state index is 13.8. The number of rotatable bonds is 7. The van der Waals surface area contributed by atoms with Crippen molar-refractivity contribution < 1.29 is 23.2 Å². The van der Waals surface area contributed by atoms with Gasteiger partial charge in [-0.05, 0) is 35.1 Å². The van der Waals surface area contributed by atoms with Crippen LogP contribution < -0.4 is 5.32 Å². The molecule has 2 aromatic carbocycles. The van der Waals surface area contributed by atoms with Gasteiger partial charge in [0.2, 0.25) is 17.7 Å². The molecule has 4 heterocycles. The molecule has 2 saturated heterocycles. The molecule has 12 heteroatoms. The number of carbonyl (C=O) groups excluding carboxylic acids is 3. The Morgan fingerprint density at radius 2 is 1.95 bits per heavy atom. The predicted molar refractivity (Wildman–Crippen MR) is 150 cm³/mol. The first kappa shape index (κ1) is 28.5. The number of amides is 3. The molecular weight excluding hydrogens is 556 g/mol. The average molecular weight is 588 g/mol. The van der Waals surface area contributed by atoms with E-state index in [0.717, 1.165) is 39.3 Å². The van der Waals surface area contributed by atoms with E-state index in [1.165, 1.54) is 5.56 Å². The number of likely N-dealkylation sites (tertiary alicyclic amines) is 1. The third kappa shape index (κ3) is 5.71. The van der Waals surface area contributed by atoms with Crippen molar-refractivity contribution >= 4 is 17.7 Å². The Hall–Kier alpha value is -4.66.